The Labute approximate surface area is 124 Å². The van der Waals surface area contributed by atoms with E-state index < -0.39 is 5.97 Å². The lowest BCUT2D eigenvalue weighted by Gasteiger charge is -2.20. The van der Waals surface area contributed by atoms with Gasteiger partial charge in [-0.3, -0.25) is 4.79 Å². The van der Waals surface area contributed by atoms with Crippen LogP contribution in [0.25, 0.3) is 0 Å². The van der Waals surface area contributed by atoms with Crippen molar-refractivity contribution in [3.8, 4) is 5.75 Å². The number of benzene rings is 1. The van der Waals surface area contributed by atoms with Crippen LogP contribution >= 0.6 is 0 Å². The first-order valence-electron chi connectivity index (χ1n) is 6.73. The van der Waals surface area contributed by atoms with Crippen LogP contribution < -0.4 is 15.8 Å². The summed E-state index contributed by atoms with van der Waals surface area (Å²) < 4.78 is 10.3. The Hall–Kier alpha value is -2.24. The molecule has 0 spiro atoms. The average molecular weight is 294 g/mol. The maximum Gasteiger partial charge on any atom is 0.341 e. The van der Waals surface area contributed by atoms with Gasteiger partial charge in [0.2, 0.25) is 0 Å². The van der Waals surface area contributed by atoms with Gasteiger partial charge in [0.25, 0.3) is 5.91 Å². The summed E-state index contributed by atoms with van der Waals surface area (Å²) in [6.07, 6.45) is 0. The smallest absolute Gasteiger partial charge is 0.341 e. The molecule has 0 aliphatic carbocycles. The van der Waals surface area contributed by atoms with Crippen molar-refractivity contribution in [3.05, 3.63) is 23.8 Å². The standard InChI is InChI=1S/C15H22N2O4/c1-5-20-14(19)11-7-6-10(16)8-12(11)21-9-13(18)17-15(2,3)4/h6-8H,5,9,16H2,1-4H3,(H,17,18). The topological polar surface area (TPSA) is 90.7 Å². The number of anilines is 1. The zero-order valence-corrected chi connectivity index (χ0v) is 12.9. The first-order valence-corrected chi connectivity index (χ1v) is 6.73. The average Bonchev–Trinajstić information content (AvgIpc) is 2.34. The number of amides is 1. The minimum Gasteiger partial charge on any atom is -0.483 e. The molecule has 0 saturated heterocycles. The summed E-state index contributed by atoms with van der Waals surface area (Å²) in [5.74, 6) is -0.555. The van der Waals surface area contributed by atoms with Crippen LogP contribution in [0.15, 0.2) is 18.2 Å². The number of carbonyl (C=O) groups excluding carboxylic acids is 2. The number of hydrogen-bond acceptors (Lipinski definition) is 5. The monoisotopic (exact) mass is 294 g/mol. The minimum absolute atomic E-state index is 0.201. The highest BCUT2D eigenvalue weighted by atomic mass is 16.5. The predicted molar refractivity (Wildman–Crippen MR) is 80.2 cm³/mol. The highest BCUT2D eigenvalue weighted by Gasteiger charge is 2.17. The van der Waals surface area contributed by atoms with Crippen molar-refractivity contribution in [1.82, 2.24) is 5.32 Å². The number of nitrogens with one attached hydrogen (secondary N) is 1. The lowest BCUT2D eigenvalue weighted by Crippen LogP contribution is -2.43. The van der Waals surface area contributed by atoms with Gasteiger partial charge in [-0.05, 0) is 39.8 Å². The molecule has 0 fully saturated rings. The fraction of sp³-hybridized carbons (Fsp3) is 0.467. The minimum atomic E-state index is -0.510. The van der Waals surface area contributed by atoms with Gasteiger partial charge in [-0.2, -0.15) is 0 Å². The van der Waals surface area contributed by atoms with Crippen LogP contribution in [0.1, 0.15) is 38.1 Å². The second-order valence-electron chi connectivity index (χ2n) is 5.56. The molecular weight excluding hydrogens is 272 g/mol. The van der Waals surface area contributed by atoms with Crippen molar-refractivity contribution in [1.29, 1.82) is 0 Å². The molecule has 0 atom stereocenters. The van der Waals surface area contributed by atoms with E-state index in [1.54, 1.807) is 13.0 Å². The molecule has 6 heteroatoms. The van der Waals surface area contributed by atoms with E-state index in [1.165, 1.54) is 12.1 Å². The number of hydrogen-bond donors (Lipinski definition) is 2. The molecule has 0 bridgehead atoms. The third-order valence-corrected chi connectivity index (χ3v) is 2.37. The van der Waals surface area contributed by atoms with Gasteiger partial charge in [-0.1, -0.05) is 0 Å². The van der Waals surface area contributed by atoms with Crippen LogP contribution in [0.4, 0.5) is 5.69 Å². The van der Waals surface area contributed by atoms with Gasteiger partial charge in [-0.15, -0.1) is 0 Å². The normalized spacial score (nSPS) is 10.9. The molecule has 1 rings (SSSR count). The first-order chi connectivity index (χ1) is 9.73. The molecule has 3 N–H and O–H groups in total. The summed E-state index contributed by atoms with van der Waals surface area (Å²) in [6, 6.07) is 4.59. The number of rotatable bonds is 5. The summed E-state index contributed by atoms with van der Waals surface area (Å²) in [7, 11) is 0. The quantitative estimate of drug-likeness (QED) is 0.637. The number of nitrogens with two attached hydrogens (primary N) is 1. The Bertz CT molecular complexity index is 521. The Kier molecular flexibility index (Phi) is 5.58. The Morgan fingerprint density at radius 1 is 1.29 bits per heavy atom. The molecule has 6 nitrogen and oxygen atoms in total. The van der Waals surface area contributed by atoms with Crippen molar-refractivity contribution in [2.45, 2.75) is 33.2 Å². The van der Waals surface area contributed by atoms with Crippen LogP contribution in [0.3, 0.4) is 0 Å². The van der Waals surface area contributed by atoms with E-state index in [-0.39, 0.29) is 36.0 Å². The fourth-order valence-electron chi connectivity index (χ4n) is 1.63. The van der Waals surface area contributed by atoms with Crippen LogP contribution in [0.5, 0.6) is 5.75 Å². The summed E-state index contributed by atoms with van der Waals surface area (Å²) >= 11 is 0. The van der Waals surface area contributed by atoms with Gasteiger partial charge >= 0.3 is 5.97 Å². The summed E-state index contributed by atoms with van der Waals surface area (Å²) in [5.41, 5.74) is 6.01. The zero-order chi connectivity index (χ0) is 16.0. The molecule has 21 heavy (non-hydrogen) atoms. The van der Waals surface area contributed by atoms with Crippen molar-refractivity contribution in [2.24, 2.45) is 0 Å². The lowest BCUT2D eigenvalue weighted by molar-refractivity contribution is -0.124. The maximum atomic E-state index is 11.8. The third kappa shape index (κ3) is 5.72. The Morgan fingerprint density at radius 2 is 1.95 bits per heavy atom. The van der Waals surface area contributed by atoms with Crippen molar-refractivity contribution >= 4 is 17.6 Å². The second-order valence-corrected chi connectivity index (χ2v) is 5.56. The molecule has 0 unspecified atom stereocenters. The fourth-order valence-corrected chi connectivity index (χ4v) is 1.63. The largest absolute Gasteiger partial charge is 0.483 e. The van der Waals surface area contributed by atoms with Crippen LogP contribution in [-0.4, -0.2) is 30.6 Å². The van der Waals surface area contributed by atoms with E-state index in [4.69, 9.17) is 15.2 Å². The van der Waals surface area contributed by atoms with E-state index in [9.17, 15) is 9.59 Å². The maximum absolute atomic E-state index is 11.8. The predicted octanol–water partition coefficient (Wildman–Crippen LogP) is 1.74. The van der Waals surface area contributed by atoms with E-state index in [0.717, 1.165) is 0 Å². The third-order valence-electron chi connectivity index (χ3n) is 2.37. The highest BCUT2D eigenvalue weighted by Crippen LogP contribution is 2.22. The molecule has 0 aliphatic heterocycles. The van der Waals surface area contributed by atoms with E-state index in [1.807, 2.05) is 20.8 Å². The van der Waals surface area contributed by atoms with Crippen molar-refractivity contribution < 1.29 is 19.1 Å². The SMILES string of the molecule is CCOC(=O)c1ccc(N)cc1OCC(=O)NC(C)(C)C. The van der Waals surface area contributed by atoms with Crippen LogP contribution in [0.2, 0.25) is 0 Å². The summed E-state index contributed by atoms with van der Waals surface area (Å²) in [5, 5.41) is 2.77. The van der Waals surface area contributed by atoms with Crippen LogP contribution in [-0.2, 0) is 9.53 Å². The highest BCUT2D eigenvalue weighted by molar-refractivity contribution is 5.93. The van der Waals surface area contributed by atoms with Gasteiger partial charge in [0, 0.05) is 17.3 Å². The van der Waals surface area contributed by atoms with Gasteiger partial charge in [-0.25, -0.2) is 4.79 Å². The van der Waals surface area contributed by atoms with Gasteiger partial charge in [0.1, 0.15) is 11.3 Å². The molecule has 1 aromatic rings. The second kappa shape index (κ2) is 6.97. The number of nitrogen functional groups attached to an aromatic ring is 1. The molecule has 0 saturated carbocycles. The van der Waals surface area contributed by atoms with Gasteiger partial charge in [0.05, 0.1) is 6.61 Å². The molecule has 0 aliphatic rings. The molecule has 116 valence electrons. The van der Waals surface area contributed by atoms with Gasteiger partial charge in [0.15, 0.2) is 6.61 Å². The number of carbonyl (C=O) groups is 2. The van der Waals surface area contributed by atoms with Crippen molar-refractivity contribution in [3.63, 3.8) is 0 Å². The molecule has 0 radical (unpaired) electrons. The summed E-state index contributed by atoms with van der Waals surface area (Å²) in [4.78, 5) is 23.5. The van der Waals surface area contributed by atoms with E-state index in [0.29, 0.717) is 5.69 Å². The van der Waals surface area contributed by atoms with E-state index in [2.05, 4.69) is 5.32 Å². The summed E-state index contributed by atoms with van der Waals surface area (Å²) in [6.45, 7) is 7.38. The molecule has 1 aromatic carbocycles. The molecular formula is C15H22N2O4. The zero-order valence-electron chi connectivity index (χ0n) is 12.9. The van der Waals surface area contributed by atoms with E-state index >= 15 is 0 Å². The number of esters is 1. The molecule has 1 amide bonds. The van der Waals surface area contributed by atoms with Crippen LogP contribution in [0, 0.1) is 0 Å². The molecule has 0 aromatic heterocycles. The Morgan fingerprint density at radius 3 is 2.52 bits per heavy atom. The number of ether oxygens (including phenoxy) is 2. The van der Waals surface area contributed by atoms with Crippen molar-refractivity contribution in [2.75, 3.05) is 18.9 Å². The lowest BCUT2D eigenvalue weighted by atomic mass is 10.1. The molecule has 0 heterocycles. The van der Waals surface area contributed by atoms with Gasteiger partial charge < -0.3 is 20.5 Å². The first kappa shape index (κ1) is 16.8. The Balaban J connectivity index is 2.80.